The van der Waals surface area contributed by atoms with Crippen molar-refractivity contribution in [1.29, 1.82) is 0 Å². The normalized spacial score (nSPS) is 10.7. The van der Waals surface area contributed by atoms with Crippen LogP contribution in [0.15, 0.2) is 54.6 Å². The number of ether oxygens (including phenoxy) is 1. The first-order valence-corrected chi connectivity index (χ1v) is 8.97. The first kappa shape index (κ1) is 19.6. The van der Waals surface area contributed by atoms with Crippen molar-refractivity contribution in [2.24, 2.45) is 0 Å². The summed E-state index contributed by atoms with van der Waals surface area (Å²) in [7, 11) is 3.72. The molecule has 0 bridgehead atoms. The highest BCUT2D eigenvalue weighted by Gasteiger charge is 2.02. The van der Waals surface area contributed by atoms with Crippen molar-refractivity contribution in [3.05, 3.63) is 65.7 Å². The Labute approximate surface area is 156 Å². The molecular formula is C22H28N2O2. The molecule has 0 aromatic heterocycles. The maximum Gasteiger partial charge on any atom is 0.244 e. The van der Waals surface area contributed by atoms with Crippen molar-refractivity contribution >= 4 is 17.7 Å². The van der Waals surface area contributed by atoms with Gasteiger partial charge in [0.2, 0.25) is 5.91 Å². The Balaban J connectivity index is 1.70. The molecule has 2 aromatic rings. The fraction of sp³-hybridized carbons (Fsp3) is 0.318. The van der Waals surface area contributed by atoms with E-state index in [0.29, 0.717) is 6.54 Å². The maximum absolute atomic E-state index is 12.0. The Hall–Kier alpha value is -2.75. The minimum atomic E-state index is -0.0787. The lowest BCUT2D eigenvalue weighted by Gasteiger charge is -2.18. The number of nitrogens with one attached hydrogen (secondary N) is 1. The number of hydrogen-bond donors (Lipinski definition) is 1. The van der Waals surface area contributed by atoms with E-state index in [-0.39, 0.29) is 5.91 Å². The molecule has 0 saturated heterocycles. The van der Waals surface area contributed by atoms with Gasteiger partial charge in [-0.3, -0.25) is 4.79 Å². The molecule has 2 rings (SSSR count). The van der Waals surface area contributed by atoms with Gasteiger partial charge in [0.1, 0.15) is 5.75 Å². The van der Waals surface area contributed by atoms with Gasteiger partial charge >= 0.3 is 0 Å². The largest absolute Gasteiger partial charge is 0.496 e. The molecule has 0 spiro atoms. The zero-order valence-corrected chi connectivity index (χ0v) is 15.9. The summed E-state index contributed by atoms with van der Waals surface area (Å²) in [6.45, 7) is 3.66. The molecule has 0 unspecified atom stereocenters. The number of para-hydroxylation sites is 1. The predicted molar refractivity (Wildman–Crippen MR) is 109 cm³/mol. The van der Waals surface area contributed by atoms with Gasteiger partial charge < -0.3 is 15.0 Å². The van der Waals surface area contributed by atoms with Crippen LogP contribution in [0, 0.1) is 6.92 Å². The van der Waals surface area contributed by atoms with E-state index in [1.165, 1.54) is 5.69 Å². The van der Waals surface area contributed by atoms with Crippen LogP contribution in [0.2, 0.25) is 0 Å². The highest BCUT2D eigenvalue weighted by molar-refractivity contribution is 5.92. The smallest absolute Gasteiger partial charge is 0.244 e. The maximum atomic E-state index is 12.0. The summed E-state index contributed by atoms with van der Waals surface area (Å²) >= 11 is 0. The lowest BCUT2D eigenvalue weighted by molar-refractivity contribution is -0.116. The molecule has 2 aromatic carbocycles. The quantitative estimate of drug-likeness (QED) is 0.547. The van der Waals surface area contributed by atoms with Crippen LogP contribution in [0.4, 0.5) is 5.69 Å². The molecular weight excluding hydrogens is 324 g/mol. The number of benzene rings is 2. The minimum absolute atomic E-state index is 0.0787. The zero-order valence-electron chi connectivity index (χ0n) is 15.9. The van der Waals surface area contributed by atoms with Crippen molar-refractivity contribution in [1.82, 2.24) is 5.32 Å². The van der Waals surface area contributed by atoms with Crippen LogP contribution in [0.5, 0.6) is 5.75 Å². The summed E-state index contributed by atoms with van der Waals surface area (Å²) in [5.74, 6) is 0.688. The molecule has 0 aliphatic rings. The second kappa shape index (κ2) is 10.3. The average molecular weight is 352 g/mol. The van der Waals surface area contributed by atoms with E-state index in [1.807, 2.05) is 43.3 Å². The molecule has 0 aliphatic carbocycles. The number of anilines is 1. The van der Waals surface area contributed by atoms with Crippen LogP contribution in [0.3, 0.4) is 0 Å². The Morgan fingerprint density at radius 2 is 1.92 bits per heavy atom. The number of methoxy groups -OCH3 is 1. The lowest BCUT2D eigenvalue weighted by atomic mass is 10.1. The van der Waals surface area contributed by atoms with E-state index in [0.717, 1.165) is 36.3 Å². The SMILES string of the molecule is COc1ccc(C)cc1/C=C/C(=O)NCCCCN(C)c1ccccc1. The van der Waals surface area contributed by atoms with Gasteiger partial charge in [0, 0.05) is 37.5 Å². The summed E-state index contributed by atoms with van der Waals surface area (Å²) in [6, 6.07) is 16.2. The van der Waals surface area contributed by atoms with Gasteiger partial charge in [0.25, 0.3) is 0 Å². The molecule has 0 aliphatic heterocycles. The van der Waals surface area contributed by atoms with Crippen molar-refractivity contribution in [2.45, 2.75) is 19.8 Å². The van der Waals surface area contributed by atoms with Crippen LogP contribution in [-0.4, -0.2) is 33.2 Å². The molecule has 0 heterocycles. The monoisotopic (exact) mass is 352 g/mol. The van der Waals surface area contributed by atoms with Crippen LogP contribution >= 0.6 is 0 Å². The molecule has 1 amide bonds. The van der Waals surface area contributed by atoms with E-state index in [2.05, 4.69) is 29.4 Å². The number of nitrogens with zero attached hydrogens (tertiary/aromatic N) is 1. The summed E-state index contributed by atoms with van der Waals surface area (Å²) in [5.41, 5.74) is 3.26. The second-order valence-electron chi connectivity index (χ2n) is 6.33. The van der Waals surface area contributed by atoms with E-state index in [1.54, 1.807) is 19.3 Å². The number of rotatable bonds is 9. The van der Waals surface area contributed by atoms with Crippen LogP contribution in [0.25, 0.3) is 6.08 Å². The number of hydrogen-bond acceptors (Lipinski definition) is 3. The standard InChI is InChI=1S/C22H28N2O2/c1-18-11-13-21(26-3)19(17-18)12-14-22(25)23-15-7-8-16-24(2)20-9-5-4-6-10-20/h4-6,9-14,17H,7-8,15-16H2,1-3H3,(H,23,25)/b14-12+. The third kappa shape index (κ3) is 6.28. The highest BCUT2D eigenvalue weighted by atomic mass is 16.5. The highest BCUT2D eigenvalue weighted by Crippen LogP contribution is 2.20. The average Bonchev–Trinajstić information content (AvgIpc) is 2.66. The lowest BCUT2D eigenvalue weighted by Crippen LogP contribution is -2.24. The number of carbonyl (C=O) groups is 1. The third-order valence-electron chi connectivity index (χ3n) is 4.22. The van der Waals surface area contributed by atoms with Crippen molar-refractivity contribution < 1.29 is 9.53 Å². The van der Waals surface area contributed by atoms with Crippen LogP contribution in [0.1, 0.15) is 24.0 Å². The first-order chi connectivity index (χ1) is 12.6. The molecule has 0 saturated carbocycles. The second-order valence-corrected chi connectivity index (χ2v) is 6.33. The van der Waals surface area contributed by atoms with Crippen molar-refractivity contribution in [2.75, 3.05) is 32.1 Å². The molecule has 4 nitrogen and oxygen atoms in total. The summed E-state index contributed by atoms with van der Waals surface area (Å²) in [4.78, 5) is 14.2. The van der Waals surface area contributed by atoms with Crippen molar-refractivity contribution in [3.63, 3.8) is 0 Å². The fourth-order valence-electron chi connectivity index (χ4n) is 2.71. The van der Waals surface area contributed by atoms with Gasteiger partial charge in [0.05, 0.1) is 7.11 Å². The number of unbranched alkanes of at least 4 members (excludes halogenated alkanes) is 1. The first-order valence-electron chi connectivity index (χ1n) is 8.97. The molecule has 138 valence electrons. The van der Waals surface area contributed by atoms with Crippen molar-refractivity contribution in [3.8, 4) is 5.75 Å². The van der Waals surface area contributed by atoms with Crippen LogP contribution < -0.4 is 15.0 Å². The van der Waals surface area contributed by atoms with E-state index in [9.17, 15) is 4.79 Å². The molecule has 0 atom stereocenters. The number of aryl methyl sites for hydroxylation is 1. The molecule has 4 heteroatoms. The molecule has 0 fully saturated rings. The third-order valence-corrected chi connectivity index (χ3v) is 4.22. The Morgan fingerprint density at radius 3 is 2.65 bits per heavy atom. The molecule has 0 radical (unpaired) electrons. The van der Waals surface area contributed by atoms with Gasteiger partial charge in [-0.25, -0.2) is 0 Å². The number of amides is 1. The van der Waals surface area contributed by atoms with Gasteiger partial charge in [-0.2, -0.15) is 0 Å². The van der Waals surface area contributed by atoms with E-state index >= 15 is 0 Å². The predicted octanol–water partition coefficient (Wildman–Crippen LogP) is 4.05. The van der Waals surface area contributed by atoms with Crippen LogP contribution in [-0.2, 0) is 4.79 Å². The summed E-state index contributed by atoms with van der Waals surface area (Å²) in [6.07, 6.45) is 5.34. The molecule has 26 heavy (non-hydrogen) atoms. The Morgan fingerprint density at radius 1 is 1.15 bits per heavy atom. The number of carbonyl (C=O) groups excluding carboxylic acids is 1. The van der Waals surface area contributed by atoms with Gasteiger partial charge in [-0.05, 0) is 50.1 Å². The van der Waals surface area contributed by atoms with Gasteiger partial charge in [-0.1, -0.05) is 29.8 Å². The van der Waals surface area contributed by atoms with E-state index < -0.39 is 0 Å². The summed E-state index contributed by atoms with van der Waals surface area (Å²) < 4.78 is 5.32. The Bertz CT molecular complexity index is 726. The molecule has 1 N–H and O–H groups in total. The van der Waals surface area contributed by atoms with Gasteiger partial charge in [-0.15, -0.1) is 0 Å². The van der Waals surface area contributed by atoms with E-state index in [4.69, 9.17) is 4.74 Å². The minimum Gasteiger partial charge on any atom is -0.496 e. The Kier molecular flexibility index (Phi) is 7.75. The topological polar surface area (TPSA) is 41.6 Å². The van der Waals surface area contributed by atoms with Gasteiger partial charge in [0.15, 0.2) is 0 Å². The zero-order chi connectivity index (χ0) is 18.8. The fourth-order valence-corrected chi connectivity index (χ4v) is 2.71. The summed E-state index contributed by atoms with van der Waals surface area (Å²) in [5, 5.41) is 2.93.